The number of rotatable bonds is 7. The van der Waals surface area contributed by atoms with E-state index in [2.05, 4.69) is 5.32 Å². The van der Waals surface area contributed by atoms with Crippen LogP contribution < -0.4 is 10.2 Å². The molecule has 0 aliphatic carbocycles. The third-order valence-corrected chi connectivity index (χ3v) is 5.16. The molecule has 1 aliphatic heterocycles. The highest BCUT2D eigenvalue weighted by Crippen LogP contribution is 2.32. The summed E-state index contributed by atoms with van der Waals surface area (Å²) in [6.45, 7) is 1.16. The Bertz CT molecular complexity index is 1000. The van der Waals surface area contributed by atoms with E-state index in [1.807, 2.05) is 6.07 Å². The Labute approximate surface area is 173 Å². The first kappa shape index (κ1) is 21.0. The molecule has 0 radical (unpaired) electrons. The summed E-state index contributed by atoms with van der Waals surface area (Å²) in [5, 5.41) is 11.6. The van der Waals surface area contributed by atoms with E-state index in [0.717, 1.165) is 9.80 Å². The fourth-order valence-corrected chi connectivity index (χ4v) is 3.56. The van der Waals surface area contributed by atoms with Gasteiger partial charge in [0.1, 0.15) is 17.9 Å². The molecule has 1 N–H and O–H groups in total. The molecule has 2 aromatic carbocycles. The zero-order valence-corrected chi connectivity index (χ0v) is 16.5. The lowest BCUT2D eigenvalue weighted by atomic mass is 9.87. The van der Waals surface area contributed by atoms with E-state index in [9.17, 15) is 18.8 Å². The zero-order valence-electron chi connectivity index (χ0n) is 16.5. The smallest absolute Gasteiger partial charge is 0.319 e. The highest BCUT2D eigenvalue weighted by molar-refractivity contribution is 6.10. The monoisotopic (exact) mass is 408 g/mol. The predicted octanol–water partition coefficient (Wildman–Crippen LogP) is 2.93. The van der Waals surface area contributed by atoms with Crippen LogP contribution in [0.5, 0.6) is 0 Å². The molecule has 30 heavy (non-hydrogen) atoms. The molecular weight excluding hydrogens is 387 g/mol. The Morgan fingerprint density at radius 1 is 1.17 bits per heavy atom. The van der Waals surface area contributed by atoms with E-state index in [-0.39, 0.29) is 18.7 Å². The summed E-state index contributed by atoms with van der Waals surface area (Å²) in [5.74, 6) is -1.82. The van der Waals surface area contributed by atoms with Crippen LogP contribution in [0.25, 0.3) is 0 Å². The van der Waals surface area contributed by atoms with Crippen LogP contribution in [0.15, 0.2) is 54.6 Å². The van der Waals surface area contributed by atoms with Gasteiger partial charge in [-0.15, -0.1) is 0 Å². The third-order valence-electron chi connectivity index (χ3n) is 5.16. The van der Waals surface area contributed by atoms with Crippen LogP contribution in [-0.4, -0.2) is 35.8 Å². The quantitative estimate of drug-likeness (QED) is 0.713. The van der Waals surface area contributed by atoms with E-state index in [0.29, 0.717) is 12.0 Å². The maximum absolute atomic E-state index is 14.3. The average Bonchev–Trinajstić information content (AvgIpc) is 3.01. The minimum Gasteiger partial charge on any atom is -0.319 e. The van der Waals surface area contributed by atoms with Gasteiger partial charge in [-0.2, -0.15) is 5.26 Å². The van der Waals surface area contributed by atoms with Gasteiger partial charge in [-0.25, -0.2) is 9.18 Å². The number of carbonyl (C=O) groups excluding carboxylic acids is 3. The van der Waals surface area contributed by atoms with Crippen molar-refractivity contribution in [2.24, 2.45) is 0 Å². The van der Waals surface area contributed by atoms with E-state index in [1.165, 1.54) is 18.2 Å². The van der Waals surface area contributed by atoms with Crippen molar-refractivity contribution in [2.75, 3.05) is 18.0 Å². The maximum atomic E-state index is 14.3. The largest absolute Gasteiger partial charge is 0.325 e. The van der Waals surface area contributed by atoms with Crippen molar-refractivity contribution in [3.05, 3.63) is 66.0 Å². The summed E-state index contributed by atoms with van der Waals surface area (Å²) in [5.41, 5.74) is -0.639. The molecule has 154 valence electrons. The van der Waals surface area contributed by atoms with E-state index < -0.39 is 35.7 Å². The number of anilines is 1. The Morgan fingerprint density at radius 2 is 1.83 bits per heavy atom. The minimum absolute atomic E-state index is 0.00498. The van der Waals surface area contributed by atoms with Gasteiger partial charge in [0.2, 0.25) is 5.91 Å². The molecule has 1 saturated heterocycles. The average molecular weight is 408 g/mol. The molecular formula is C22H21FN4O3. The molecule has 1 unspecified atom stereocenters. The summed E-state index contributed by atoms with van der Waals surface area (Å²) in [6.07, 6.45) is 0.279. The summed E-state index contributed by atoms with van der Waals surface area (Å²) in [7, 11) is 0. The summed E-state index contributed by atoms with van der Waals surface area (Å²) in [6, 6.07) is 15.7. The molecule has 8 heteroatoms. The predicted molar refractivity (Wildman–Crippen MR) is 108 cm³/mol. The van der Waals surface area contributed by atoms with Crippen molar-refractivity contribution < 1.29 is 18.8 Å². The van der Waals surface area contributed by atoms with Crippen molar-refractivity contribution in [2.45, 2.75) is 25.3 Å². The van der Waals surface area contributed by atoms with E-state index >= 15 is 0 Å². The molecule has 7 nitrogen and oxygen atoms in total. The highest BCUT2D eigenvalue weighted by atomic mass is 19.1. The Hall–Kier alpha value is -3.73. The van der Waals surface area contributed by atoms with Crippen LogP contribution in [0.2, 0.25) is 0 Å². The van der Waals surface area contributed by atoms with Crippen LogP contribution >= 0.6 is 0 Å². The van der Waals surface area contributed by atoms with Crippen LogP contribution in [0.3, 0.4) is 0 Å². The molecule has 3 rings (SSSR count). The van der Waals surface area contributed by atoms with Crippen LogP contribution in [0.4, 0.5) is 14.9 Å². The number of nitrogens with zero attached hydrogens (tertiary/aromatic N) is 3. The lowest BCUT2D eigenvalue weighted by Gasteiger charge is -2.27. The van der Waals surface area contributed by atoms with Crippen LogP contribution in [0, 0.1) is 17.1 Å². The standard InChI is InChI=1S/C22H21FN4O3/c1-2-22(16-9-4-3-5-10-16)20(29)27(21(30)25-22)15-19(28)26(14-8-13-24)18-12-7-6-11-17(18)23/h3-7,9-12H,2,8,14-15H2,1H3,(H,25,30). The second-order valence-corrected chi connectivity index (χ2v) is 6.85. The SMILES string of the molecule is CCC1(c2ccccc2)NC(=O)N(CC(=O)N(CCC#N)c2ccccc2F)C1=O. The van der Waals surface area contributed by atoms with Gasteiger partial charge in [0.05, 0.1) is 18.2 Å². The van der Waals surface area contributed by atoms with Crippen molar-refractivity contribution >= 4 is 23.5 Å². The lowest BCUT2D eigenvalue weighted by Crippen LogP contribution is -2.46. The van der Waals surface area contributed by atoms with Gasteiger partial charge in [0.25, 0.3) is 5.91 Å². The fraction of sp³-hybridized carbons (Fsp3) is 0.273. The second kappa shape index (κ2) is 8.74. The molecule has 4 amide bonds. The topological polar surface area (TPSA) is 93.5 Å². The van der Waals surface area contributed by atoms with Crippen molar-refractivity contribution in [1.82, 2.24) is 10.2 Å². The van der Waals surface area contributed by atoms with Crippen molar-refractivity contribution in [3.8, 4) is 6.07 Å². The van der Waals surface area contributed by atoms with Gasteiger partial charge in [0, 0.05) is 6.54 Å². The molecule has 1 aliphatic rings. The van der Waals surface area contributed by atoms with Gasteiger partial charge in [0.15, 0.2) is 0 Å². The summed E-state index contributed by atoms with van der Waals surface area (Å²) in [4.78, 5) is 40.7. The van der Waals surface area contributed by atoms with E-state index in [4.69, 9.17) is 5.26 Å². The number of hydrogen-bond donors (Lipinski definition) is 1. The Balaban J connectivity index is 1.88. The van der Waals surface area contributed by atoms with Crippen LogP contribution in [0.1, 0.15) is 25.3 Å². The van der Waals surface area contributed by atoms with Crippen LogP contribution in [-0.2, 0) is 15.1 Å². The molecule has 0 spiro atoms. The Kier molecular flexibility index (Phi) is 6.11. The van der Waals surface area contributed by atoms with Gasteiger partial charge < -0.3 is 10.2 Å². The van der Waals surface area contributed by atoms with Crippen molar-refractivity contribution in [1.29, 1.82) is 5.26 Å². The van der Waals surface area contributed by atoms with E-state index in [1.54, 1.807) is 43.3 Å². The Morgan fingerprint density at radius 3 is 2.47 bits per heavy atom. The number of benzene rings is 2. The summed E-state index contributed by atoms with van der Waals surface area (Å²) >= 11 is 0. The van der Waals surface area contributed by atoms with Crippen molar-refractivity contribution in [3.63, 3.8) is 0 Å². The highest BCUT2D eigenvalue weighted by Gasteiger charge is 2.51. The number of hydrogen-bond acceptors (Lipinski definition) is 4. The molecule has 2 aromatic rings. The molecule has 0 saturated carbocycles. The fourth-order valence-electron chi connectivity index (χ4n) is 3.56. The minimum atomic E-state index is -1.26. The number of para-hydroxylation sites is 1. The number of nitrogens with one attached hydrogen (secondary N) is 1. The first-order valence-corrected chi connectivity index (χ1v) is 9.56. The maximum Gasteiger partial charge on any atom is 0.325 e. The number of halogens is 1. The number of amides is 4. The number of imide groups is 1. The van der Waals surface area contributed by atoms with Gasteiger partial charge in [-0.3, -0.25) is 14.5 Å². The zero-order chi connectivity index (χ0) is 21.7. The molecule has 0 aromatic heterocycles. The first-order valence-electron chi connectivity index (χ1n) is 9.56. The number of carbonyl (C=O) groups is 3. The first-order chi connectivity index (χ1) is 14.4. The van der Waals surface area contributed by atoms with Gasteiger partial charge >= 0.3 is 6.03 Å². The number of urea groups is 1. The van der Waals surface area contributed by atoms with Gasteiger partial charge in [-0.1, -0.05) is 49.4 Å². The third kappa shape index (κ3) is 3.74. The van der Waals surface area contributed by atoms with Gasteiger partial charge in [-0.05, 0) is 24.1 Å². The second-order valence-electron chi connectivity index (χ2n) is 6.85. The molecule has 1 atom stereocenters. The molecule has 0 bridgehead atoms. The normalized spacial score (nSPS) is 18.1. The number of nitriles is 1. The summed E-state index contributed by atoms with van der Waals surface area (Å²) < 4.78 is 14.3. The molecule has 1 heterocycles. The lowest BCUT2D eigenvalue weighted by molar-refractivity contribution is -0.134. The molecule has 1 fully saturated rings.